The molecule has 6 nitrogen and oxygen atoms in total. The van der Waals surface area contributed by atoms with Crippen molar-refractivity contribution < 1.29 is 17.6 Å². The number of fused-ring (bicyclic) bond motifs is 1. The van der Waals surface area contributed by atoms with Gasteiger partial charge in [0.1, 0.15) is 11.5 Å². The van der Waals surface area contributed by atoms with Crippen molar-refractivity contribution in [2.24, 2.45) is 7.05 Å². The molecule has 0 unspecified atom stereocenters. The number of carbonyl (C=O) groups is 1. The Kier molecular flexibility index (Phi) is 4.40. The number of aryl methyl sites for hydroxylation is 2. The van der Waals surface area contributed by atoms with Crippen LogP contribution in [0.25, 0.3) is 0 Å². The third-order valence-electron chi connectivity index (χ3n) is 4.03. The molecule has 0 bridgehead atoms. The lowest BCUT2D eigenvalue weighted by Crippen LogP contribution is -2.33. The highest BCUT2D eigenvalue weighted by atomic mass is 32.2. The number of halogens is 1. The topological polar surface area (TPSA) is 81.1 Å². The van der Waals surface area contributed by atoms with Crippen LogP contribution in [-0.4, -0.2) is 24.1 Å². The molecule has 1 heterocycles. The van der Waals surface area contributed by atoms with Crippen LogP contribution >= 0.6 is 0 Å². The van der Waals surface area contributed by atoms with Gasteiger partial charge in [-0.2, -0.15) is 5.10 Å². The number of nitrogens with one attached hydrogen (secondary N) is 1. The first-order chi connectivity index (χ1) is 11.4. The molecule has 0 spiro atoms. The molecule has 0 saturated heterocycles. The SMILES string of the molecule is Cn1nc2c(c1C(=O)NS(=O)(=O)Cc1cccc(F)c1)CCCC2. The van der Waals surface area contributed by atoms with Gasteiger partial charge >= 0.3 is 0 Å². The van der Waals surface area contributed by atoms with Gasteiger partial charge in [0.15, 0.2) is 0 Å². The molecule has 1 aliphatic rings. The largest absolute Gasteiger partial charge is 0.283 e. The standard InChI is InChI=1S/C16H18FN3O3S/c1-20-15(13-7-2-3-8-14(13)18-20)16(21)19-24(22,23)10-11-5-4-6-12(17)9-11/h4-6,9H,2-3,7-8,10H2,1H3,(H,19,21). The molecule has 24 heavy (non-hydrogen) atoms. The highest BCUT2D eigenvalue weighted by Crippen LogP contribution is 2.23. The van der Waals surface area contributed by atoms with E-state index in [4.69, 9.17) is 0 Å². The van der Waals surface area contributed by atoms with Crippen molar-refractivity contribution in [3.63, 3.8) is 0 Å². The first-order valence-corrected chi connectivity index (χ1v) is 9.35. The van der Waals surface area contributed by atoms with Crippen molar-refractivity contribution in [2.45, 2.75) is 31.4 Å². The Labute approximate surface area is 139 Å². The zero-order valence-electron chi connectivity index (χ0n) is 13.3. The summed E-state index contributed by atoms with van der Waals surface area (Å²) >= 11 is 0. The number of hydrogen-bond donors (Lipinski definition) is 1. The van der Waals surface area contributed by atoms with Gasteiger partial charge in [0.05, 0.1) is 11.4 Å². The second-order valence-corrected chi connectivity index (χ2v) is 7.65. The monoisotopic (exact) mass is 351 g/mol. The van der Waals surface area contributed by atoms with Gasteiger partial charge < -0.3 is 0 Å². The smallest absolute Gasteiger partial charge is 0.266 e. The Morgan fingerprint density at radius 2 is 2.08 bits per heavy atom. The summed E-state index contributed by atoms with van der Waals surface area (Å²) in [6, 6.07) is 5.30. The van der Waals surface area contributed by atoms with Crippen LogP contribution in [0.1, 0.15) is 40.2 Å². The van der Waals surface area contributed by atoms with Gasteiger partial charge in [-0.1, -0.05) is 12.1 Å². The van der Waals surface area contributed by atoms with Crippen molar-refractivity contribution in [1.82, 2.24) is 14.5 Å². The Balaban J connectivity index is 1.80. The van der Waals surface area contributed by atoms with Gasteiger partial charge in [0, 0.05) is 12.6 Å². The van der Waals surface area contributed by atoms with Crippen LogP contribution in [0.4, 0.5) is 4.39 Å². The van der Waals surface area contributed by atoms with Crippen LogP contribution in [0, 0.1) is 5.82 Å². The van der Waals surface area contributed by atoms with E-state index >= 15 is 0 Å². The van der Waals surface area contributed by atoms with Crippen LogP contribution in [0.5, 0.6) is 0 Å². The van der Waals surface area contributed by atoms with Crippen LogP contribution < -0.4 is 4.72 Å². The van der Waals surface area contributed by atoms with E-state index in [2.05, 4.69) is 9.82 Å². The maximum absolute atomic E-state index is 13.2. The fourth-order valence-electron chi connectivity index (χ4n) is 3.04. The first-order valence-electron chi connectivity index (χ1n) is 7.70. The third kappa shape index (κ3) is 3.48. The van der Waals surface area contributed by atoms with Crippen molar-refractivity contribution in [2.75, 3.05) is 0 Å². The lowest BCUT2D eigenvalue weighted by atomic mass is 9.96. The fourth-order valence-corrected chi connectivity index (χ4v) is 4.11. The molecule has 1 aromatic carbocycles. The van der Waals surface area contributed by atoms with Crippen LogP contribution in [0.15, 0.2) is 24.3 Å². The van der Waals surface area contributed by atoms with Gasteiger partial charge in [-0.15, -0.1) is 0 Å². The van der Waals surface area contributed by atoms with Gasteiger partial charge in [0.2, 0.25) is 10.0 Å². The second-order valence-electron chi connectivity index (χ2n) is 5.92. The van der Waals surface area contributed by atoms with Crippen LogP contribution in [0.2, 0.25) is 0 Å². The quantitative estimate of drug-likeness (QED) is 0.909. The molecule has 0 fully saturated rings. The molecule has 0 atom stereocenters. The van der Waals surface area contributed by atoms with Crippen LogP contribution in [0.3, 0.4) is 0 Å². The van der Waals surface area contributed by atoms with E-state index in [1.165, 1.54) is 22.9 Å². The summed E-state index contributed by atoms with van der Waals surface area (Å²) in [4.78, 5) is 12.4. The van der Waals surface area contributed by atoms with Gasteiger partial charge in [-0.25, -0.2) is 17.5 Å². The second kappa shape index (κ2) is 6.35. The van der Waals surface area contributed by atoms with Gasteiger partial charge in [0.25, 0.3) is 5.91 Å². The lowest BCUT2D eigenvalue weighted by molar-refractivity contribution is 0.0971. The Morgan fingerprint density at radius 3 is 2.83 bits per heavy atom. The minimum absolute atomic E-state index is 0.280. The summed E-state index contributed by atoms with van der Waals surface area (Å²) < 4.78 is 41.1. The molecule has 3 rings (SSSR count). The zero-order chi connectivity index (χ0) is 17.3. The lowest BCUT2D eigenvalue weighted by Gasteiger charge is -2.12. The molecular weight excluding hydrogens is 333 g/mol. The summed E-state index contributed by atoms with van der Waals surface area (Å²) in [6.07, 6.45) is 3.49. The van der Waals surface area contributed by atoms with Crippen LogP contribution in [-0.2, 0) is 35.7 Å². The predicted octanol–water partition coefficient (Wildman–Crippen LogP) is 1.70. The molecule has 1 amide bonds. The number of amides is 1. The van der Waals surface area contributed by atoms with E-state index in [0.29, 0.717) is 0 Å². The van der Waals surface area contributed by atoms with E-state index in [1.54, 1.807) is 7.05 Å². The molecule has 8 heteroatoms. The predicted molar refractivity (Wildman–Crippen MR) is 86.3 cm³/mol. The van der Waals surface area contributed by atoms with Gasteiger partial charge in [-0.3, -0.25) is 9.48 Å². The van der Waals surface area contributed by atoms with E-state index in [1.807, 2.05) is 0 Å². The molecule has 1 aromatic heterocycles. The van der Waals surface area contributed by atoms with E-state index in [9.17, 15) is 17.6 Å². The van der Waals surface area contributed by atoms with Crippen molar-refractivity contribution in [3.05, 3.63) is 52.6 Å². The number of nitrogens with zero attached hydrogens (tertiary/aromatic N) is 2. The molecule has 2 aromatic rings. The van der Waals surface area contributed by atoms with Crippen molar-refractivity contribution in [3.8, 4) is 0 Å². The maximum atomic E-state index is 13.2. The molecule has 0 radical (unpaired) electrons. The summed E-state index contributed by atoms with van der Waals surface area (Å²) in [5.74, 6) is -1.67. The minimum Gasteiger partial charge on any atom is -0.266 e. The summed E-state index contributed by atoms with van der Waals surface area (Å²) in [6.45, 7) is 0. The summed E-state index contributed by atoms with van der Waals surface area (Å²) in [5, 5.41) is 4.31. The third-order valence-corrected chi connectivity index (χ3v) is 5.24. The van der Waals surface area contributed by atoms with E-state index in [0.717, 1.165) is 43.0 Å². The number of carbonyl (C=O) groups excluding carboxylic acids is 1. The van der Waals surface area contributed by atoms with E-state index in [-0.39, 0.29) is 11.3 Å². The minimum atomic E-state index is -3.93. The van der Waals surface area contributed by atoms with Gasteiger partial charge in [-0.05, 0) is 43.4 Å². The maximum Gasteiger partial charge on any atom is 0.283 e. The number of hydrogen-bond acceptors (Lipinski definition) is 4. The molecule has 1 aliphatic carbocycles. The van der Waals surface area contributed by atoms with E-state index < -0.39 is 27.5 Å². The number of aromatic nitrogens is 2. The highest BCUT2D eigenvalue weighted by molar-refractivity contribution is 7.89. The number of benzene rings is 1. The Hall–Kier alpha value is -2.22. The zero-order valence-corrected chi connectivity index (χ0v) is 14.1. The molecule has 0 aliphatic heterocycles. The average Bonchev–Trinajstić information content (AvgIpc) is 2.81. The summed E-state index contributed by atoms with van der Waals surface area (Å²) in [7, 11) is -2.30. The Morgan fingerprint density at radius 1 is 1.33 bits per heavy atom. The highest BCUT2D eigenvalue weighted by Gasteiger charge is 2.26. The van der Waals surface area contributed by atoms with Crippen molar-refractivity contribution >= 4 is 15.9 Å². The molecule has 1 N–H and O–H groups in total. The van der Waals surface area contributed by atoms with Crippen molar-refractivity contribution in [1.29, 1.82) is 0 Å². The molecule has 128 valence electrons. The summed E-state index contributed by atoms with van der Waals surface area (Å²) in [5.41, 5.74) is 2.24. The number of sulfonamides is 1. The normalized spacial score (nSPS) is 14.2. The molecule has 0 saturated carbocycles. The average molecular weight is 351 g/mol. The fraction of sp³-hybridized carbons (Fsp3) is 0.375. The number of rotatable bonds is 4. The molecular formula is C16H18FN3O3S. The Bertz CT molecular complexity index is 890. The first kappa shape index (κ1) is 16.6.